The largest absolute Gasteiger partial charge is 0.497 e. The normalized spacial score (nSPS) is 16.0. The van der Waals surface area contributed by atoms with Gasteiger partial charge < -0.3 is 25.0 Å². The number of hydrogen-bond acceptors (Lipinski definition) is 6. The van der Waals surface area contributed by atoms with Crippen LogP contribution >= 0.6 is 0 Å². The highest BCUT2D eigenvalue weighted by Gasteiger charge is 2.20. The molecular formula is C20H26N4O3. The van der Waals surface area contributed by atoms with E-state index in [0.29, 0.717) is 17.9 Å². The molecule has 1 aliphatic rings. The van der Waals surface area contributed by atoms with Gasteiger partial charge in [-0.15, -0.1) is 0 Å². The van der Waals surface area contributed by atoms with Crippen LogP contribution in [0.1, 0.15) is 17.2 Å². The molecular weight excluding hydrogens is 344 g/mol. The topological polar surface area (TPSA) is 77.9 Å². The van der Waals surface area contributed by atoms with Crippen molar-refractivity contribution in [3.05, 3.63) is 53.7 Å². The molecule has 0 saturated carbocycles. The van der Waals surface area contributed by atoms with Gasteiger partial charge in [0.15, 0.2) is 6.10 Å². The first-order valence-electron chi connectivity index (χ1n) is 9.05. The SMILES string of the molecule is COc1ccc([C@H](O)C(=O)NCc2cccnc2N2CCN(C)CC2)cc1. The van der Waals surface area contributed by atoms with Crippen molar-refractivity contribution in [2.24, 2.45) is 0 Å². The highest BCUT2D eigenvalue weighted by Crippen LogP contribution is 2.20. The first-order chi connectivity index (χ1) is 13.1. The molecule has 1 aliphatic heterocycles. The van der Waals surface area contributed by atoms with Gasteiger partial charge >= 0.3 is 0 Å². The summed E-state index contributed by atoms with van der Waals surface area (Å²) < 4.78 is 5.10. The summed E-state index contributed by atoms with van der Waals surface area (Å²) in [7, 11) is 3.68. The number of anilines is 1. The number of rotatable bonds is 6. The third-order valence-corrected chi connectivity index (χ3v) is 4.80. The number of piperazine rings is 1. The second-order valence-corrected chi connectivity index (χ2v) is 6.67. The lowest BCUT2D eigenvalue weighted by molar-refractivity contribution is -0.129. The van der Waals surface area contributed by atoms with Crippen LogP contribution in [0, 0.1) is 0 Å². The van der Waals surface area contributed by atoms with E-state index in [-0.39, 0.29) is 0 Å². The fourth-order valence-electron chi connectivity index (χ4n) is 3.09. The summed E-state index contributed by atoms with van der Waals surface area (Å²) in [5, 5.41) is 13.1. The minimum absolute atomic E-state index is 0.321. The number of aromatic nitrogens is 1. The van der Waals surface area contributed by atoms with E-state index in [1.165, 1.54) is 0 Å². The van der Waals surface area contributed by atoms with Crippen molar-refractivity contribution < 1.29 is 14.6 Å². The molecule has 1 aromatic heterocycles. The summed E-state index contributed by atoms with van der Waals surface area (Å²) in [4.78, 5) is 21.4. The number of benzene rings is 1. The smallest absolute Gasteiger partial charge is 0.253 e. The van der Waals surface area contributed by atoms with Crippen LogP contribution in [0.2, 0.25) is 0 Å². The van der Waals surface area contributed by atoms with Gasteiger partial charge in [-0.2, -0.15) is 0 Å². The van der Waals surface area contributed by atoms with Gasteiger partial charge in [-0.1, -0.05) is 18.2 Å². The van der Waals surface area contributed by atoms with E-state index in [1.54, 1.807) is 37.6 Å². The Kier molecular flexibility index (Phi) is 6.26. The van der Waals surface area contributed by atoms with Gasteiger partial charge in [-0.25, -0.2) is 4.98 Å². The Morgan fingerprint density at radius 2 is 1.93 bits per heavy atom. The molecule has 0 spiro atoms. The number of methoxy groups -OCH3 is 1. The van der Waals surface area contributed by atoms with E-state index >= 15 is 0 Å². The molecule has 0 aliphatic carbocycles. The number of amides is 1. The number of pyridine rings is 1. The van der Waals surface area contributed by atoms with Crippen molar-refractivity contribution in [1.29, 1.82) is 0 Å². The Hall–Kier alpha value is -2.64. The van der Waals surface area contributed by atoms with Gasteiger partial charge in [0, 0.05) is 44.5 Å². The fourth-order valence-corrected chi connectivity index (χ4v) is 3.09. The van der Waals surface area contributed by atoms with Gasteiger partial charge in [0.2, 0.25) is 0 Å². The highest BCUT2D eigenvalue weighted by atomic mass is 16.5. The summed E-state index contributed by atoms with van der Waals surface area (Å²) in [6.07, 6.45) is 0.546. The van der Waals surface area contributed by atoms with E-state index in [0.717, 1.165) is 37.6 Å². The number of aliphatic hydroxyl groups is 1. The average Bonchev–Trinajstić information content (AvgIpc) is 2.72. The number of likely N-dealkylation sites (N-methyl/N-ethyl adjacent to an activating group) is 1. The van der Waals surface area contributed by atoms with Crippen LogP contribution in [0.4, 0.5) is 5.82 Å². The van der Waals surface area contributed by atoms with E-state index in [9.17, 15) is 9.90 Å². The van der Waals surface area contributed by atoms with Crippen molar-refractivity contribution in [3.63, 3.8) is 0 Å². The fraction of sp³-hybridized carbons (Fsp3) is 0.400. The molecule has 2 heterocycles. The molecule has 7 nitrogen and oxygen atoms in total. The second-order valence-electron chi connectivity index (χ2n) is 6.67. The zero-order chi connectivity index (χ0) is 19.2. The zero-order valence-corrected chi connectivity index (χ0v) is 15.8. The zero-order valence-electron chi connectivity index (χ0n) is 15.8. The number of hydrogen-bond donors (Lipinski definition) is 2. The number of ether oxygens (including phenoxy) is 1. The molecule has 7 heteroatoms. The Labute approximate surface area is 159 Å². The number of nitrogens with one attached hydrogen (secondary N) is 1. The van der Waals surface area contributed by atoms with Gasteiger partial charge in [0.25, 0.3) is 5.91 Å². The van der Waals surface area contributed by atoms with E-state index < -0.39 is 12.0 Å². The molecule has 0 radical (unpaired) electrons. The molecule has 1 saturated heterocycles. The van der Waals surface area contributed by atoms with Crippen molar-refractivity contribution in [2.75, 3.05) is 45.2 Å². The number of carbonyl (C=O) groups excluding carboxylic acids is 1. The van der Waals surface area contributed by atoms with Crippen LogP contribution in [0.15, 0.2) is 42.6 Å². The highest BCUT2D eigenvalue weighted by molar-refractivity contribution is 5.82. The molecule has 0 unspecified atom stereocenters. The van der Waals surface area contributed by atoms with Crippen LogP contribution in [-0.4, -0.2) is 61.2 Å². The predicted molar refractivity (Wildman–Crippen MR) is 104 cm³/mol. The summed E-state index contributed by atoms with van der Waals surface area (Å²) >= 11 is 0. The molecule has 144 valence electrons. The maximum atomic E-state index is 12.4. The van der Waals surface area contributed by atoms with Gasteiger partial charge in [-0.3, -0.25) is 4.79 Å². The second kappa shape index (κ2) is 8.83. The summed E-state index contributed by atoms with van der Waals surface area (Å²) in [5.41, 5.74) is 1.47. The Morgan fingerprint density at radius 1 is 1.22 bits per heavy atom. The molecule has 1 fully saturated rings. The molecule has 2 aromatic rings. The third-order valence-electron chi connectivity index (χ3n) is 4.80. The molecule has 27 heavy (non-hydrogen) atoms. The Bertz CT molecular complexity index is 758. The Balaban J connectivity index is 1.63. The van der Waals surface area contributed by atoms with E-state index in [4.69, 9.17) is 4.74 Å². The maximum Gasteiger partial charge on any atom is 0.253 e. The van der Waals surface area contributed by atoms with E-state index in [1.807, 2.05) is 12.1 Å². The molecule has 1 atom stereocenters. The standard InChI is InChI=1S/C20H26N4O3/c1-23-10-12-24(13-11-23)19-16(4-3-9-21-19)14-22-20(26)18(25)15-5-7-17(27-2)8-6-15/h3-9,18,25H,10-14H2,1-2H3,(H,22,26)/t18-/m0/s1. The monoisotopic (exact) mass is 370 g/mol. The minimum atomic E-state index is -1.22. The van der Waals surface area contributed by atoms with Crippen molar-refractivity contribution in [1.82, 2.24) is 15.2 Å². The lowest BCUT2D eigenvalue weighted by Gasteiger charge is -2.34. The molecule has 2 N–H and O–H groups in total. The quantitative estimate of drug-likeness (QED) is 0.795. The summed E-state index contributed by atoms with van der Waals surface area (Å²) in [6, 6.07) is 10.6. The first-order valence-corrected chi connectivity index (χ1v) is 9.05. The van der Waals surface area contributed by atoms with Crippen LogP contribution in [0.5, 0.6) is 5.75 Å². The number of nitrogens with zero attached hydrogens (tertiary/aromatic N) is 3. The molecule has 1 amide bonds. The van der Waals surface area contributed by atoms with Crippen molar-refractivity contribution in [3.8, 4) is 5.75 Å². The van der Waals surface area contributed by atoms with Crippen LogP contribution < -0.4 is 15.0 Å². The minimum Gasteiger partial charge on any atom is -0.497 e. The average molecular weight is 370 g/mol. The van der Waals surface area contributed by atoms with Crippen LogP contribution in [0.25, 0.3) is 0 Å². The molecule has 1 aromatic carbocycles. The molecule has 0 bridgehead atoms. The van der Waals surface area contributed by atoms with Crippen LogP contribution in [0.3, 0.4) is 0 Å². The van der Waals surface area contributed by atoms with Crippen molar-refractivity contribution in [2.45, 2.75) is 12.6 Å². The van der Waals surface area contributed by atoms with Gasteiger partial charge in [-0.05, 0) is 30.8 Å². The van der Waals surface area contributed by atoms with Crippen LogP contribution in [-0.2, 0) is 11.3 Å². The lowest BCUT2D eigenvalue weighted by atomic mass is 10.1. The predicted octanol–water partition coefficient (Wildman–Crippen LogP) is 1.19. The van der Waals surface area contributed by atoms with E-state index in [2.05, 4.69) is 27.1 Å². The summed E-state index contributed by atoms with van der Waals surface area (Å²) in [5.74, 6) is 1.14. The first kappa shape index (κ1) is 19.1. The van der Waals surface area contributed by atoms with Crippen molar-refractivity contribution >= 4 is 11.7 Å². The van der Waals surface area contributed by atoms with Gasteiger partial charge in [0.1, 0.15) is 11.6 Å². The maximum absolute atomic E-state index is 12.4. The summed E-state index contributed by atoms with van der Waals surface area (Å²) in [6.45, 7) is 4.10. The number of carbonyl (C=O) groups is 1. The molecule has 3 rings (SSSR count). The Morgan fingerprint density at radius 3 is 2.59 bits per heavy atom. The van der Waals surface area contributed by atoms with Gasteiger partial charge in [0.05, 0.1) is 7.11 Å². The number of aliphatic hydroxyl groups excluding tert-OH is 1. The lowest BCUT2D eigenvalue weighted by Crippen LogP contribution is -2.45. The third kappa shape index (κ3) is 4.75.